The summed E-state index contributed by atoms with van der Waals surface area (Å²) < 4.78 is 0. The molecule has 1 unspecified atom stereocenters. The van der Waals surface area contributed by atoms with E-state index in [0.717, 1.165) is 25.7 Å². The Labute approximate surface area is 113 Å². The number of carbonyl (C=O) groups excluding carboxylic acids is 1. The van der Waals surface area contributed by atoms with Crippen molar-refractivity contribution in [2.75, 3.05) is 19.6 Å². The molecular formula is C13H22N2O4. The van der Waals surface area contributed by atoms with Gasteiger partial charge in [0, 0.05) is 12.6 Å². The zero-order valence-corrected chi connectivity index (χ0v) is 11.3. The lowest BCUT2D eigenvalue weighted by atomic mass is 10.1. The van der Waals surface area contributed by atoms with Crippen LogP contribution in [0.2, 0.25) is 0 Å². The number of hydrogen-bond acceptors (Lipinski definition) is 3. The highest BCUT2D eigenvalue weighted by atomic mass is 16.4. The van der Waals surface area contributed by atoms with E-state index in [1.54, 1.807) is 11.8 Å². The number of hydrogen-bond donors (Lipinski definition) is 2. The Morgan fingerprint density at radius 1 is 1.37 bits per heavy atom. The van der Waals surface area contributed by atoms with E-state index in [-0.39, 0.29) is 25.2 Å². The number of carboxylic acids is 1. The highest BCUT2D eigenvalue weighted by Crippen LogP contribution is 2.27. The third kappa shape index (κ3) is 3.37. The third-order valence-electron chi connectivity index (χ3n) is 4.04. The zero-order valence-electron chi connectivity index (χ0n) is 11.3. The van der Waals surface area contributed by atoms with Crippen molar-refractivity contribution in [2.45, 2.75) is 50.7 Å². The Hall–Kier alpha value is -1.30. The monoisotopic (exact) mass is 270 g/mol. The minimum absolute atomic E-state index is 0.0362. The number of carboxylic acid groups (broad SMARTS) is 1. The first kappa shape index (κ1) is 14.1. The number of carbonyl (C=O) groups is 2. The minimum Gasteiger partial charge on any atom is -0.480 e. The van der Waals surface area contributed by atoms with Gasteiger partial charge in [-0.2, -0.15) is 0 Å². The fraction of sp³-hybridized carbons (Fsp3) is 0.846. The number of nitrogens with zero attached hydrogens (tertiary/aromatic N) is 2. The Morgan fingerprint density at radius 3 is 2.47 bits per heavy atom. The molecule has 1 heterocycles. The van der Waals surface area contributed by atoms with Crippen molar-refractivity contribution < 1.29 is 19.8 Å². The summed E-state index contributed by atoms with van der Waals surface area (Å²) in [5.41, 5.74) is -0.847. The molecule has 108 valence electrons. The van der Waals surface area contributed by atoms with Gasteiger partial charge in [0.15, 0.2) is 0 Å². The predicted molar refractivity (Wildman–Crippen MR) is 68.8 cm³/mol. The normalized spacial score (nSPS) is 27.8. The van der Waals surface area contributed by atoms with Crippen molar-refractivity contribution >= 4 is 12.0 Å². The van der Waals surface area contributed by atoms with Gasteiger partial charge in [0.25, 0.3) is 0 Å². The second-order valence-corrected chi connectivity index (χ2v) is 5.91. The molecule has 1 saturated heterocycles. The molecule has 2 rings (SSSR count). The van der Waals surface area contributed by atoms with Gasteiger partial charge in [0.05, 0.1) is 12.1 Å². The van der Waals surface area contributed by atoms with Gasteiger partial charge in [-0.15, -0.1) is 0 Å². The van der Waals surface area contributed by atoms with Gasteiger partial charge in [0.1, 0.15) is 6.54 Å². The second-order valence-electron chi connectivity index (χ2n) is 5.91. The van der Waals surface area contributed by atoms with Crippen molar-refractivity contribution in [1.82, 2.24) is 9.80 Å². The van der Waals surface area contributed by atoms with Gasteiger partial charge in [0.2, 0.25) is 0 Å². The molecule has 0 aromatic rings. The predicted octanol–water partition coefficient (Wildman–Crippen LogP) is 0.892. The summed E-state index contributed by atoms with van der Waals surface area (Å²) in [5, 5.41) is 18.9. The van der Waals surface area contributed by atoms with E-state index in [1.165, 1.54) is 4.90 Å². The first-order chi connectivity index (χ1) is 8.89. The molecule has 6 nitrogen and oxygen atoms in total. The van der Waals surface area contributed by atoms with Crippen molar-refractivity contribution in [3.8, 4) is 0 Å². The summed E-state index contributed by atoms with van der Waals surface area (Å²) in [5.74, 6) is -0.980. The number of urea groups is 1. The molecule has 2 N–H and O–H groups in total. The Morgan fingerprint density at radius 2 is 2.00 bits per heavy atom. The number of β-amino-alcohol motifs (C(OH)–C–C–N with tert-alkyl or cyclic N) is 1. The van der Waals surface area contributed by atoms with E-state index in [4.69, 9.17) is 5.11 Å². The topological polar surface area (TPSA) is 81.1 Å². The maximum absolute atomic E-state index is 12.4. The van der Waals surface area contributed by atoms with Crippen LogP contribution < -0.4 is 0 Å². The van der Waals surface area contributed by atoms with Crippen LogP contribution in [-0.4, -0.2) is 63.3 Å². The van der Waals surface area contributed by atoms with Crippen LogP contribution in [0.4, 0.5) is 4.79 Å². The maximum atomic E-state index is 12.4. The first-order valence-corrected chi connectivity index (χ1v) is 6.89. The Bertz CT molecular complexity index is 364. The molecule has 2 aliphatic rings. The lowest BCUT2D eigenvalue weighted by Gasteiger charge is -2.32. The van der Waals surface area contributed by atoms with E-state index in [1.807, 2.05) is 0 Å². The van der Waals surface area contributed by atoms with Gasteiger partial charge < -0.3 is 20.0 Å². The fourth-order valence-corrected chi connectivity index (χ4v) is 3.00. The summed E-state index contributed by atoms with van der Waals surface area (Å²) in [6.07, 6.45) is 4.40. The average Bonchev–Trinajstić information content (AvgIpc) is 2.94. The van der Waals surface area contributed by atoms with Crippen LogP contribution in [-0.2, 0) is 4.79 Å². The van der Waals surface area contributed by atoms with E-state index in [0.29, 0.717) is 13.0 Å². The highest BCUT2D eigenvalue weighted by Gasteiger charge is 2.38. The third-order valence-corrected chi connectivity index (χ3v) is 4.04. The number of aliphatic hydroxyl groups is 1. The SMILES string of the molecule is CC1(O)CCN(C(=O)N(CC(=O)O)C2CCCC2)C1. The van der Waals surface area contributed by atoms with Gasteiger partial charge in [-0.1, -0.05) is 12.8 Å². The molecule has 2 fully saturated rings. The Balaban J connectivity index is 2.05. The second kappa shape index (κ2) is 5.36. The smallest absolute Gasteiger partial charge is 0.323 e. The molecule has 1 saturated carbocycles. The van der Waals surface area contributed by atoms with Crippen LogP contribution in [0.1, 0.15) is 39.0 Å². The van der Waals surface area contributed by atoms with Gasteiger partial charge in [-0.25, -0.2) is 4.79 Å². The summed E-state index contributed by atoms with van der Waals surface area (Å²) in [7, 11) is 0. The summed E-state index contributed by atoms with van der Waals surface area (Å²) >= 11 is 0. The molecule has 2 amide bonds. The lowest BCUT2D eigenvalue weighted by molar-refractivity contribution is -0.138. The molecule has 1 atom stereocenters. The largest absolute Gasteiger partial charge is 0.480 e. The van der Waals surface area contributed by atoms with Crippen molar-refractivity contribution in [3.63, 3.8) is 0 Å². The summed E-state index contributed by atoms with van der Waals surface area (Å²) in [4.78, 5) is 26.4. The van der Waals surface area contributed by atoms with Crippen molar-refractivity contribution in [3.05, 3.63) is 0 Å². The van der Waals surface area contributed by atoms with Crippen LogP contribution in [0.5, 0.6) is 0 Å². The molecule has 0 radical (unpaired) electrons. The molecule has 0 aromatic carbocycles. The van der Waals surface area contributed by atoms with E-state index >= 15 is 0 Å². The Kier molecular flexibility index (Phi) is 3.99. The molecule has 0 aromatic heterocycles. The minimum atomic E-state index is -0.980. The van der Waals surface area contributed by atoms with E-state index in [2.05, 4.69) is 0 Å². The van der Waals surface area contributed by atoms with Gasteiger partial charge in [-0.05, 0) is 26.2 Å². The van der Waals surface area contributed by atoms with E-state index in [9.17, 15) is 14.7 Å². The molecule has 1 aliphatic heterocycles. The number of aliphatic carboxylic acids is 1. The number of rotatable bonds is 3. The van der Waals surface area contributed by atoms with Gasteiger partial charge >= 0.3 is 12.0 Å². The molecule has 0 bridgehead atoms. The summed E-state index contributed by atoms with van der Waals surface area (Å²) in [6.45, 7) is 2.24. The number of amides is 2. The van der Waals surface area contributed by atoms with Crippen molar-refractivity contribution in [1.29, 1.82) is 0 Å². The van der Waals surface area contributed by atoms with Crippen LogP contribution in [0.25, 0.3) is 0 Å². The molecular weight excluding hydrogens is 248 g/mol. The molecule has 1 aliphatic carbocycles. The maximum Gasteiger partial charge on any atom is 0.323 e. The average molecular weight is 270 g/mol. The van der Waals surface area contributed by atoms with Crippen LogP contribution >= 0.6 is 0 Å². The lowest BCUT2D eigenvalue weighted by Crippen LogP contribution is -2.49. The van der Waals surface area contributed by atoms with Gasteiger partial charge in [-0.3, -0.25) is 4.79 Å². The van der Waals surface area contributed by atoms with Crippen LogP contribution in [0, 0.1) is 0 Å². The van der Waals surface area contributed by atoms with Crippen LogP contribution in [0.15, 0.2) is 0 Å². The fourth-order valence-electron chi connectivity index (χ4n) is 3.00. The zero-order chi connectivity index (χ0) is 14.0. The quantitative estimate of drug-likeness (QED) is 0.798. The molecule has 6 heteroatoms. The van der Waals surface area contributed by atoms with Crippen LogP contribution in [0.3, 0.4) is 0 Å². The highest BCUT2D eigenvalue weighted by molar-refractivity contribution is 5.80. The summed E-state index contributed by atoms with van der Waals surface area (Å²) in [6, 6.07) is -0.207. The first-order valence-electron chi connectivity index (χ1n) is 6.89. The molecule has 19 heavy (non-hydrogen) atoms. The van der Waals surface area contributed by atoms with E-state index < -0.39 is 11.6 Å². The standard InChI is InChI=1S/C13H22N2O4/c1-13(19)6-7-14(9-13)12(18)15(8-11(16)17)10-4-2-3-5-10/h10,19H,2-9H2,1H3,(H,16,17). The number of likely N-dealkylation sites (tertiary alicyclic amines) is 1. The van der Waals surface area contributed by atoms with Crippen molar-refractivity contribution in [2.24, 2.45) is 0 Å². The molecule has 0 spiro atoms.